The van der Waals surface area contributed by atoms with E-state index in [0.717, 1.165) is 5.11 Å². The molecule has 0 spiro atoms. The zero-order chi connectivity index (χ0) is 13.7. The van der Waals surface area contributed by atoms with Crippen LogP contribution in [-0.4, -0.2) is 41.2 Å². The molecule has 0 aromatic carbocycles. The Kier molecular flexibility index (Phi) is 5.89. The van der Waals surface area contributed by atoms with E-state index in [0.29, 0.717) is 18.1 Å². The molecular formula is C15H29N3S. The summed E-state index contributed by atoms with van der Waals surface area (Å²) in [5.74, 6) is 0. The molecular weight excluding hydrogens is 254 g/mol. The summed E-state index contributed by atoms with van der Waals surface area (Å²) in [4.78, 5) is 2.55. The molecule has 0 amide bonds. The molecule has 3 nitrogen and oxygen atoms in total. The summed E-state index contributed by atoms with van der Waals surface area (Å²) in [6.07, 6.45) is 9.10. The molecule has 2 fully saturated rings. The van der Waals surface area contributed by atoms with Crippen LogP contribution in [0.5, 0.6) is 0 Å². The highest BCUT2D eigenvalue weighted by Crippen LogP contribution is 2.17. The molecule has 0 atom stereocenters. The van der Waals surface area contributed by atoms with Crippen LogP contribution in [0.2, 0.25) is 0 Å². The Balaban J connectivity index is 1.65. The van der Waals surface area contributed by atoms with Crippen molar-refractivity contribution in [3.05, 3.63) is 0 Å². The van der Waals surface area contributed by atoms with Crippen LogP contribution >= 0.6 is 12.2 Å². The van der Waals surface area contributed by atoms with Crippen molar-refractivity contribution in [3.63, 3.8) is 0 Å². The lowest BCUT2D eigenvalue weighted by Gasteiger charge is -2.35. The molecule has 4 heteroatoms. The van der Waals surface area contributed by atoms with Gasteiger partial charge in [0.25, 0.3) is 0 Å². The number of hydrogen-bond donors (Lipinski definition) is 2. The number of piperidine rings is 1. The first-order chi connectivity index (χ1) is 9.15. The van der Waals surface area contributed by atoms with Crippen LogP contribution in [0.1, 0.15) is 58.8 Å². The zero-order valence-corrected chi connectivity index (χ0v) is 13.3. The average molecular weight is 283 g/mol. The van der Waals surface area contributed by atoms with Crippen molar-refractivity contribution in [2.75, 3.05) is 13.1 Å². The fourth-order valence-corrected chi connectivity index (χ4v) is 3.55. The van der Waals surface area contributed by atoms with Crippen molar-refractivity contribution in [2.24, 2.45) is 0 Å². The standard InChI is InChI=1S/C15H29N3S/c1-12(2)18-10-8-14(9-11-18)17-15(19)16-13-6-4-3-5-7-13/h12-14H,3-11H2,1-2H3,(H2,16,17,19). The molecule has 1 heterocycles. The van der Waals surface area contributed by atoms with Gasteiger partial charge in [-0.2, -0.15) is 0 Å². The second-order valence-corrected chi connectivity index (χ2v) is 6.76. The molecule has 2 aliphatic rings. The van der Waals surface area contributed by atoms with Crippen LogP contribution in [0.15, 0.2) is 0 Å². The lowest BCUT2D eigenvalue weighted by atomic mass is 9.96. The Morgan fingerprint density at radius 1 is 0.947 bits per heavy atom. The molecule has 1 aliphatic carbocycles. The fourth-order valence-electron chi connectivity index (χ4n) is 3.22. The lowest BCUT2D eigenvalue weighted by molar-refractivity contribution is 0.167. The number of likely N-dealkylation sites (tertiary alicyclic amines) is 1. The van der Waals surface area contributed by atoms with Crippen LogP contribution in [0, 0.1) is 0 Å². The summed E-state index contributed by atoms with van der Waals surface area (Å²) >= 11 is 5.46. The summed E-state index contributed by atoms with van der Waals surface area (Å²) in [5.41, 5.74) is 0. The topological polar surface area (TPSA) is 27.3 Å². The van der Waals surface area contributed by atoms with Crippen molar-refractivity contribution >= 4 is 17.3 Å². The third kappa shape index (κ3) is 4.92. The fraction of sp³-hybridized carbons (Fsp3) is 0.933. The quantitative estimate of drug-likeness (QED) is 0.779. The van der Waals surface area contributed by atoms with Gasteiger partial charge in [-0.25, -0.2) is 0 Å². The molecule has 2 rings (SSSR count). The average Bonchev–Trinajstić information content (AvgIpc) is 2.40. The van der Waals surface area contributed by atoms with Gasteiger partial charge in [-0.15, -0.1) is 0 Å². The van der Waals surface area contributed by atoms with Gasteiger partial charge in [-0.1, -0.05) is 19.3 Å². The number of rotatable bonds is 3. The Labute approximate surface area is 123 Å². The number of nitrogens with zero attached hydrogens (tertiary/aromatic N) is 1. The van der Waals surface area contributed by atoms with Crippen molar-refractivity contribution in [3.8, 4) is 0 Å². The van der Waals surface area contributed by atoms with Gasteiger partial charge in [-0.05, 0) is 51.7 Å². The molecule has 0 unspecified atom stereocenters. The predicted octanol–water partition coefficient (Wildman–Crippen LogP) is 2.66. The Morgan fingerprint density at radius 3 is 2.00 bits per heavy atom. The smallest absolute Gasteiger partial charge is 0.166 e. The Morgan fingerprint density at radius 2 is 1.47 bits per heavy atom. The van der Waals surface area contributed by atoms with Crippen molar-refractivity contribution < 1.29 is 0 Å². The first-order valence-electron chi connectivity index (χ1n) is 7.96. The summed E-state index contributed by atoms with van der Waals surface area (Å²) in [6.45, 7) is 6.95. The largest absolute Gasteiger partial charge is 0.360 e. The molecule has 110 valence electrons. The van der Waals surface area contributed by atoms with Crippen LogP contribution in [0.4, 0.5) is 0 Å². The molecule has 2 N–H and O–H groups in total. The molecule has 0 bridgehead atoms. The molecule has 1 saturated heterocycles. The normalized spacial score (nSPS) is 23.5. The molecule has 0 radical (unpaired) electrons. The van der Waals surface area contributed by atoms with E-state index in [9.17, 15) is 0 Å². The molecule has 0 aromatic heterocycles. The Hall–Kier alpha value is -0.350. The van der Waals surface area contributed by atoms with Crippen molar-refractivity contribution in [1.82, 2.24) is 15.5 Å². The molecule has 19 heavy (non-hydrogen) atoms. The highest BCUT2D eigenvalue weighted by atomic mass is 32.1. The van der Waals surface area contributed by atoms with Gasteiger partial charge < -0.3 is 15.5 Å². The molecule has 1 aliphatic heterocycles. The van der Waals surface area contributed by atoms with E-state index >= 15 is 0 Å². The van der Waals surface area contributed by atoms with E-state index in [1.165, 1.54) is 58.0 Å². The van der Waals surface area contributed by atoms with E-state index < -0.39 is 0 Å². The maximum Gasteiger partial charge on any atom is 0.166 e. The monoisotopic (exact) mass is 283 g/mol. The second kappa shape index (κ2) is 7.44. The van der Waals surface area contributed by atoms with Crippen molar-refractivity contribution in [2.45, 2.75) is 76.9 Å². The van der Waals surface area contributed by atoms with E-state index in [4.69, 9.17) is 12.2 Å². The van der Waals surface area contributed by atoms with Crippen molar-refractivity contribution in [1.29, 1.82) is 0 Å². The van der Waals surface area contributed by atoms with Gasteiger partial charge in [0, 0.05) is 31.2 Å². The first-order valence-corrected chi connectivity index (χ1v) is 8.37. The SMILES string of the molecule is CC(C)N1CCC(NC(=S)NC2CCCCC2)CC1. The third-order valence-corrected chi connectivity index (χ3v) is 4.77. The predicted molar refractivity (Wildman–Crippen MR) is 85.5 cm³/mol. The summed E-state index contributed by atoms with van der Waals surface area (Å²) in [7, 11) is 0. The second-order valence-electron chi connectivity index (χ2n) is 6.36. The first kappa shape index (κ1) is 15.0. The van der Waals surface area contributed by atoms with E-state index in [1.54, 1.807) is 0 Å². The van der Waals surface area contributed by atoms with Gasteiger partial charge in [0.1, 0.15) is 0 Å². The minimum atomic E-state index is 0.568. The van der Waals surface area contributed by atoms with Gasteiger partial charge in [0.2, 0.25) is 0 Å². The molecule has 1 saturated carbocycles. The van der Waals surface area contributed by atoms with E-state index in [-0.39, 0.29) is 0 Å². The number of hydrogen-bond acceptors (Lipinski definition) is 2. The third-order valence-electron chi connectivity index (χ3n) is 4.54. The summed E-state index contributed by atoms with van der Waals surface area (Å²) in [5, 5.41) is 7.91. The minimum absolute atomic E-state index is 0.568. The van der Waals surface area contributed by atoms with Crippen LogP contribution in [0.25, 0.3) is 0 Å². The maximum atomic E-state index is 5.46. The maximum absolute atomic E-state index is 5.46. The van der Waals surface area contributed by atoms with Crippen LogP contribution < -0.4 is 10.6 Å². The van der Waals surface area contributed by atoms with Crippen LogP contribution in [-0.2, 0) is 0 Å². The van der Waals surface area contributed by atoms with Gasteiger partial charge in [-0.3, -0.25) is 0 Å². The minimum Gasteiger partial charge on any atom is -0.360 e. The van der Waals surface area contributed by atoms with Gasteiger partial charge >= 0.3 is 0 Å². The Bertz CT molecular complexity index is 279. The lowest BCUT2D eigenvalue weighted by Crippen LogP contribution is -2.51. The molecule has 0 aromatic rings. The van der Waals surface area contributed by atoms with Gasteiger partial charge in [0.15, 0.2) is 5.11 Å². The highest BCUT2D eigenvalue weighted by molar-refractivity contribution is 7.80. The van der Waals surface area contributed by atoms with Crippen LogP contribution in [0.3, 0.4) is 0 Å². The summed E-state index contributed by atoms with van der Waals surface area (Å²) in [6, 6.07) is 1.86. The number of nitrogens with one attached hydrogen (secondary N) is 2. The van der Waals surface area contributed by atoms with E-state index in [2.05, 4.69) is 29.4 Å². The van der Waals surface area contributed by atoms with Gasteiger partial charge in [0.05, 0.1) is 0 Å². The number of thiocarbonyl (C=S) groups is 1. The zero-order valence-electron chi connectivity index (χ0n) is 12.5. The van der Waals surface area contributed by atoms with E-state index in [1.807, 2.05) is 0 Å². The highest BCUT2D eigenvalue weighted by Gasteiger charge is 2.22. The summed E-state index contributed by atoms with van der Waals surface area (Å²) < 4.78 is 0.